The minimum Gasteiger partial charge on any atom is -0.360 e. The third kappa shape index (κ3) is 2.36. The summed E-state index contributed by atoms with van der Waals surface area (Å²) in [6.45, 7) is 4.04. The Kier molecular flexibility index (Phi) is 3.56. The van der Waals surface area contributed by atoms with Crippen molar-refractivity contribution >= 4 is 28.3 Å². The second-order valence-electron chi connectivity index (χ2n) is 5.18. The van der Waals surface area contributed by atoms with Crippen LogP contribution >= 0.6 is 11.6 Å². The molecule has 2 nitrogen and oxygen atoms in total. The van der Waals surface area contributed by atoms with Crippen molar-refractivity contribution in [2.75, 3.05) is 0 Å². The number of H-pyrrole nitrogens is 1. The van der Waals surface area contributed by atoms with E-state index in [1.165, 1.54) is 5.56 Å². The van der Waals surface area contributed by atoms with Gasteiger partial charge >= 0.3 is 0 Å². The van der Waals surface area contributed by atoms with Gasteiger partial charge < -0.3 is 4.98 Å². The van der Waals surface area contributed by atoms with Gasteiger partial charge in [-0.15, -0.1) is 0 Å². The van der Waals surface area contributed by atoms with E-state index in [2.05, 4.69) is 18.0 Å². The topological polar surface area (TPSA) is 32.9 Å². The van der Waals surface area contributed by atoms with Gasteiger partial charge in [-0.25, -0.2) is 0 Å². The second kappa shape index (κ2) is 5.38. The Hall–Kier alpha value is -2.06. The fourth-order valence-electron chi connectivity index (χ4n) is 2.68. The molecule has 3 heteroatoms. The predicted molar refractivity (Wildman–Crippen MR) is 87.3 cm³/mol. The van der Waals surface area contributed by atoms with E-state index in [1.807, 2.05) is 25.1 Å². The number of hydrogen-bond acceptors (Lipinski definition) is 1. The summed E-state index contributed by atoms with van der Waals surface area (Å²) in [5.74, 6) is 0.00880. The summed E-state index contributed by atoms with van der Waals surface area (Å²) in [5, 5.41) is 1.55. The Bertz CT molecular complexity index is 832. The third-order valence-electron chi connectivity index (χ3n) is 3.87. The van der Waals surface area contributed by atoms with E-state index in [0.29, 0.717) is 16.1 Å². The lowest BCUT2D eigenvalue weighted by molar-refractivity contribution is 0.104. The summed E-state index contributed by atoms with van der Waals surface area (Å²) in [6, 6.07) is 11.5. The first-order valence-corrected chi connectivity index (χ1v) is 7.39. The summed E-state index contributed by atoms with van der Waals surface area (Å²) in [4.78, 5) is 16.1. The molecule has 0 saturated heterocycles. The molecule has 2 aromatic carbocycles. The maximum Gasteiger partial charge on any atom is 0.195 e. The van der Waals surface area contributed by atoms with E-state index in [9.17, 15) is 4.79 Å². The van der Waals surface area contributed by atoms with Crippen LogP contribution in [0.25, 0.3) is 10.9 Å². The number of nitrogens with one attached hydrogen (secondary N) is 1. The SMILES string of the molecule is CCc1cccc2c(C(=O)c3cc(Cl)ccc3C)c[nH]c12. The van der Waals surface area contributed by atoms with Crippen LogP contribution < -0.4 is 0 Å². The van der Waals surface area contributed by atoms with Crippen LogP contribution in [0.2, 0.25) is 5.02 Å². The van der Waals surface area contributed by atoms with Gasteiger partial charge in [-0.05, 0) is 36.6 Å². The first kappa shape index (κ1) is 13.9. The molecule has 3 rings (SSSR count). The van der Waals surface area contributed by atoms with Crippen LogP contribution in [-0.2, 0) is 6.42 Å². The van der Waals surface area contributed by atoms with Gasteiger partial charge in [-0.2, -0.15) is 0 Å². The van der Waals surface area contributed by atoms with Gasteiger partial charge in [0.1, 0.15) is 0 Å². The number of benzene rings is 2. The number of carbonyl (C=O) groups is 1. The van der Waals surface area contributed by atoms with Crippen LogP contribution in [0, 0.1) is 6.92 Å². The molecule has 106 valence electrons. The smallest absolute Gasteiger partial charge is 0.195 e. The normalized spacial score (nSPS) is 11.0. The molecule has 0 fully saturated rings. The van der Waals surface area contributed by atoms with Crippen molar-refractivity contribution in [3.05, 3.63) is 69.9 Å². The monoisotopic (exact) mass is 297 g/mol. The molecule has 21 heavy (non-hydrogen) atoms. The average molecular weight is 298 g/mol. The van der Waals surface area contributed by atoms with E-state index < -0.39 is 0 Å². The average Bonchev–Trinajstić information content (AvgIpc) is 2.93. The zero-order valence-electron chi connectivity index (χ0n) is 12.0. The number of hydrogen-bond donors (Lipinski definition) is 1. The van der Waals surface area contributed by atoms with Crippen LogP contribution in [0.5, 0.6) is 0 Å². The Morgan fingerprint density at radius 1 is 1.19 bits per heavy atom. The molecule has 0 atom stereocenters. The summed E-state index contributed by atoms with van der Waals surface area (Å²) >= 11 is 6.03. The van der Waals surface area contributed by atoms with Gasteiger partial charge in [0.05, 0.1) is 0 Å². The van der Waals surface area contributed by atoms with Crippen molar-refractivity contribution in [1.29, 1.82) is 0 Å². The van der Waals surface area contributed by atoms with Gasteiger partial charge in [0.2, 0.25) is 0 Å². The molecule has 1 N–H and O–H groups in total. The van der Waals surface area contributed by atoms with Crippen molar-refractivity contribution in [1.82, 2.24) is 4.98 Å². The lowest BCUT2D eigenvalue weighted by atomic mass is 9.98. The molecular weight excluding hydrogens is 282 g/mol. The lowest BCUT2D eigenvalue weighted by Crippen LogP contribution is -2.03. The van der Waals surface area contributed by atoms with Crippen LogP contribution in [0.15, 0.2) is 42.6 Å². The highest BCUT2D eigenvalue weighted by atomic mass is 35.5. The van der Waals surface area contributed by atoms with Crippen molar-refractivity contribution in [3.63, 3.8) is 0 Å². The minimum absolute atomic E-state index is 0.00880. The summed E-state index contributed by atoms with van der Waals surface area (Å²) < 4.78 is 0. The summed E-state index contributed by atoms with van der Waals surface area (Å²) in [5.41, 5.74) is 4.55. The molecule has 1 heterocycles. The zero-order chi connectivity index (χ0) is 15.0. The van der Waals surface area contributed by atoms with E-state index >= 15 is 0 Å². The number of ketones is 1. The molecule has 0 unspecified atom stereocenters. The number of aryl methyl sites for hydroxylation is 2. The van der Waals surface area contributed by atoms with E-state index in [4.69, 9.17) is 11.6 Å². The van der Waals surface area contributed by atoms with Gasteiger partial charge in [-0.1, -0.05) is 42.8 Å². The molecule has 0 amide bonds. The zero-order valence-corrected chi connectivity index (χ0v) is 12.8. The quantitative estimate of drug-likeness (QED) is 0.684. The molecular formula is C18H16ClNO. The second-order valence-corrected chi connectivity index (χ2v) is 5.62. The Labute approximate surface area is 128 Å². The van der Waals surface area contributed by atoms with Crippen molar-refractivity contribution in [2.45, 2.75) is 20.3 Å². The van der Waals surface area contributed by atoms with Gasteiger partial charge in [0.15, 0.2) is 5.78 Å². The largest absolute Gasteiger partial charge is 0.360 e. The Morgan fingerprint density at radius 3 is 2.76 bits per heavy atom. The highest BCUT2D eigenvalue weighted by Crippen LogP contribution is 2.26. The minimum atomic E-state index is 0.00880. The number of para-hydroxylation sites is 1. The number of aromatic amines is 1. The van der Waals surface area contributed by atoms with Gasteiger partial charge in [0, 0.05) is 33.2 Å². The highest BCUT2D eigenvalue weighted by Gasteiger charge is 2.17. The van der Waals surface area contributed by atoms with Crippen LogP contribution in [0.1, 0.15) is 34.0 Å². The number of aromatic nitrogens is 1. The predicted octanol–water partition coefficient (Wildman–Crippen LogP) is 4.92. The maximum atomic E-state index is 12.8. The van der Waals surface area contributed by atoms with E-state index in [1.54, 1.807) is 18.3 Å². The van der Waals surface area contributed by atoms with Crippen molar-refractivity contribution < 1.29 is 4.79 Å². The van der Waals surface area contributed by atoms with Crippen LogP contribution in [0.3, 0.4) is 0 Å². The molecule has 0 bridgehead atoms. The van der Waals surface area contributed by atoms with Gasteiger partial charge in [0.25, 0.3) is 0 Å². The highest BCUT2D eigenvalue weighted by molar-refractivity contribution is 6.31. The standard InChI is InChI=1S/C18H16ClNO/c1-3-12-5-4-6-14-16(10-20-17(12)14)18(21)15-9-13(19)8-7-11(15)2/h4-10,20H,3H2,1-2H3. The first-order chi connectivity index (χ1) is 10.1. The molecule has 0 aliphatic carbocycles. The molecule has 0 radical (unpaired) electrons. The summed E-state index contributed by atoms with van der Waals surface area (Å²) in [7, 11) is 0. The molecule has 3 aromatic rings. The fraction of sp³-hybridized carbons (Fsp3) is 0.167. The maximum absolute atomic E-state index is 12.8. The van der Waals surface area contributed by atoms with Crippen LogP contribution in [0.4, 0.5) is 0 Å². The number of fused-ring (bicyclic) bond motifs is 1. The molecule has 0 aliphatic heterocycles. The molecule has 0 spiro atoms. The van der Waals surface area contributed by atoms with Crippen molar-refractivity contribution in [2.24, 2.45) is 0 Å². The third-order valence-corrected chi connectivity index (χ3v) is 4.11. The molecule has 1 aromatic heterocycles. The molecule has 0 saturated carbocycles. The molecule has 0 aliphatic rings. The van der Waals surface area contributed by atoms with Gasteiger partial charge in [-0.3, -0.25) is 4.79 Å². The fourth-order valence-corrected chi connectivity index (χ4v) is 2.86. The Balaban J connectivity index is 2.16. The van der Waals surface area contributed by atoms with E-state index in [-0.39, 0.29) is 5.78 Å². The number of rotatable bonds is 3. The lowest BCUT2D eigenvalue weighted by Gasteiger charge is -2.05. The van der Waals surface area contributed by atoms with E-state index in [0.717, 1.165) is 22.9 Å². The summed E-state index contributed by atoms with van der Waals surface area (Å²) in [6.07, 6.45) is 2.73. The first-order valence-electron chi connectivity index (χ1n) is 7.01. The number of carbonyl (C=O) groups excluding carboxylic acids is 1. The number of halogens is 1. The van der Waals surface area contributed by atoms with Crippen LogP contribution in [-0.4, -0.2) is 10.8 Å². The Morgan fingerprint density at radius 2 is 2.00 bits per heavy atom. The van der Waals surface area contributed by atoms with Crippen molar-refractivity contribution in [3.8, 4) is 0 Å².